The molecular weight excluding hydrogens is 598 g/mol. The average Bonchev–Trinajstić information content (AvgIpc) is 2.95. The van der Waals surface area contributed by atoms with E-state index >= 15 is 0 Å². The van der Waals surface area contributed by atoms with Crippen LogP contribution in [0.5, 0.6) is 0 Å². The van der Waals surface area contributed by atoms with Gasteiger partial charge in [0.05, 0.1) is 4.90 Å². The van der Waals surface area contributed by atoms with Crippen molar-refractivity contribution in [3.05, 3.63) is 89.5 Å². The van der Waals surface area contributed by atoms with Gasteiger partial charge >= 0.3 is 18.0 Å². The Bertz CT molecular complexity index is 1490. The van der Waals surface area contributed by atoms with Crippen molar-refractivity contribution in [2.24, 2.45) is 5.92 Å². The average molecular weight is 622 g/mol. The van der Waals surface area contributed by atoms with Gasteiger partial charge in [-0.15, -0.1) is 5.10 Å². The number of halogens is 8. The molecule has 0 spiro atoms. The molecule has 0 aliphatic heterocycles. The monoisotopic (exact) mass is 621 g/mol. The fourth-order valence-electron chi connectivity index (χ4n) is 5.14. The van der Waals surface area contributed by atoms with Crippen molar-refractivity contribution < 1.29 is 48.3 Å². The van der Waals surface area contributed by atoms with Gasteiger partial charge in [-0.2, -0.15) is 31.4 Å². The van der Waals surface area contributed by atoms with Gasteiger partial charge in [0.15, 0.2) is 15.5 Å². The van der Waals surface area contributed by atoms with Gasteiger partial charge in [0.1, 0.15) is 10.6 Å². The second-order valence-electron chi connectivity index (χ2n) is 9.95. The maximum absolute atomic E-state index is 14.6. The highest BCUT2D eigenvalue weighted by molar-refractivity contribution is 7.92. The van der Waals surface area contributed by atoms with Crippen LogP contribution >= 0.6 is 0 Å². The Hall–Kier alpha value is -3.62. The number of carbonyl (C=O) groups is 1. The Labute approximate surface area is 235 Å². The van der Waals surface area contributed by atoms with Crippen LogP contribution in [0.2, 0.25) is 0 Å². The minimum Gasteiger partial charge on any atom is -0.350 e. The molecule has 0 saturated heterocycles. The molecule has 1 N–H and O–H groups in total. The Morgan fingerprint density at radius 1 is 0.881 bits per heavy atom. The number of sulfone groups is 1. The molecule has 1 amide bonds. The zero-order chi connectivity index (χ0) is 31.0. The summed E-state index contributed by atoms with van der Waals surface area (Å²) in [6.07, 6.45) is -11.2. The van der Waals surface area contributed by atoms with Crippen LogP contribution in [0.1, 0.15) is 47.3 Å². The molecule has 0 bridgehead atoms. The summed E-state index contributed by atoms with van der Waals surface area (Å²) in [5.41, 5.74) is -7.52. The van der Waals surface area contributed by atoms with Crippen molar-refractivity contribution >= 4 is 15.7 Å². The Balaban J connectivity index is 1.67. The van der Waals surface area contributed by atoms with Gasteiger partial charge in [0.25, 0.3) is 5.91 Å². The Kier molecular flexibility index (Phi) is 8.37. The summed E-state index contributed by atoms with van der Waals surface area (Å²) in [7, 11) is -4.41. The second kappa shape index (κ2) is 11.2. The van der Waals surface area contributed by atoms with E-state index in [1.807, 2.05) is 0 Å². The van der Waals surface area contributed by atoms with E-state index in [2.05, 4.69) is 15.5 Å². The molecule has 0 atom stereocenters. The third-order valence-electron chi connectivity index (χ3n) is 7.50. The molecule has 1 aliphatic carbocycles. The van der Waals surface area contributed by atoms with Crippen LogP contribution in [0.4, 0.5) is 35.1 Å². The van der Waals surface area contributed by atoms with Crippen LogP contribution in [0.3, 0.4) is 0 Å². The predicted molar refractivity (Wildman–Crippen MR) is 133 cm³/mol. The predicted octanol–water partition coefficient (Wildman–Crippen LogP) is 6.19. The van der Waals surface area contributed by atoms with Crippen LogP contribution in [-0.2, 0) is 20.3 Å². The van der Waals surface area contributed by atoms with Crippen LogP contribution < -0.4 is 5.32 Å². The first kappa shape index (κ1) is 31.3. The molecule has 226 valence electrons. The van der Waals surface area contributed by atoms with Gasteiger partial charge in [-0.25, -0.2) is 17.2 Å². The molecule has 1 aliphatic rings. The molecule has 2 aromatic carbocycles. The molecule has 1 aromatic heterocycles. The van der Waals surface area contributed by atoms with Gasteiger partial charge in [0.2, 0.25) is 0 Å². The zero-order valence-corrected chi connectivity index (χ0v) is 22.3. The largest absolute Gasteiger partial charge is 0.435 e. The van der Waals surface area contributed by atoms with Crippen molar-refractivity contribution in [3.8, 4) is 0 Å². The van der Waals surface area contributed by atoms with Crippen molar-refractivity contribution in [3.63, 3.8) is 0 Å². The quantitative estimate of drug-likeness (QED) is 0.251. The van der Waals surface area contributed by atoms with E-state index in [1.54, 1.807) is 0 Å². The third kappa shape index (κ3) is 5.57. The van der Waals surface area contributed by atoms with Gasteiger partial charge in [0, 0.05) is 18.3 Å². The highest BCUT2D eigenvalue weighted by atomic mass is 32.2. The van der Waals surface area contributed by atoms with E-state index in [9.17, 15) is 48.3 Å². The van der Waals surface area contributed by atoms with E-state index < -0.39 is 49.9 Å². The van der Waals surface area contributed by atoms with Gasteiger partial charge in [-0.3, -0.25) is 4.79 Å². The van der Waals surface area contributed by atoms with E-state index in [0.29, 0.717) is 0 Å². The first-order valence-electron chi connectivity index (χ1n) is 12.5. The molecule has 42 heavy (non-hydrogen) atoms. The van der Waals surface area contributed by atoms with Gasteiger partial charge < -0.3 is 5.32 Å². The fraction of sp³-hybridized carbons (Fsp3) is 0.370. The smallest absolute Gasteiger partial charge is 0.350 e. The van der Waals surface area contributed by atoms with Crippen molar-refractivity contribution in [2.75, 3.05) is 6.54 Å². The summed E-state index contributed by atoms with van der Waals surface area (Å²) in [6.45, 7) is 0.128. The summed E-state index contributed by atoms with van der Waals surface area (Å²) < 4.78 is 134. The maximum atomic E-state index is 14.6. The highest BCUT2D eigenvalue weighted by Crippen LogP contribution is 2.54. The maximum Gasteiger partial charge on any atom is 0.435 e. The van der Waals surface area contributed by atoms with Crippen LogP contribution in [0, 0.1) is 11.7 Å². The molecule has 0 radical (unpaired) electrons. The number of hydrogen-bond donors (Lipinski definition) is 1. The fourth-order valence-corrected chi connectivity index (χ4v) is 7.31. The third-order valence-corrected chi connectivity index (χ3v) is 10.1. The molecule has 1 saturated carbocycles. The topological polar surface area (TPSA) is 89.0 Å². The van der Waals surface area contributed by atoms with Gasteiger partial charge in [-0.05, 0) is 73.6 Å². The summed E-state index contributed by atoms with van der Waals surface area (Å²) in [4.78, 5) is 12.0. The van der Waals surface area contributed by atoms with Gasteiger partial charge in [-0.1, -0.05) is 24.3 Å². The lowest BCUT2D eigenvalue weighted by Crippen LogP contribution is -2.50. The Morgan fingerprint density at radius 3 is 1.95 bits per heavy atom. The molecule has 1 fully saturated rings. The number of carbonyl (C=O) groups excluding carboxylic acids is 1. The van der Waals surface area contributed by atoms with Crippen LogP contribution in [-0.4, -0.2) is 43.4 Å². The number of hydrogen-bond acceptors (Lipinski definition) is 5. The minimum absolute atomic E-state index is 0.0586. The minimum atomic E-state index is -6.33. The lowest BCUT2D eigenvalue weighted by atomic mass is 9.77. The standard InChI is InChI=1S/C27H23F8N3O3S/c28-20-7-9-21(10-8-20)42(40,41)24(13-11-17(12-14-24)16-36-23(39)22-2-1-15-37-38-22)18-3-5-19(6-4-18)25(29,26(30,31)32)27(33,34)35/h1-10,15,17H,11-14,16H2,(H,36,39). The van der Waals surface area contributed by atoms with E-state index in [4.69, 9.17) is 0 Å². The van der Waals surface area contributed by atoms with E-state index in [0.717, 1.165) is 36.4 Å². The van der Waals surface area contributed by atoms with E-state index in [-0.39, 0.29) is 66.4 Å². The molecular formula is C27H23F8N3O3S. The molecule has 6 nitrogen and oxygen atoms in total. The summed E-state index contributed by atoms with van der Waals surface area (Å²) >= 11 is 0. The lowest BCUT2D eigenvalue weighted by Gasteiger charge is -2.40. The molecule has 3 aromatic rings. The number of aromatic nitrogens is 2. The summed E-state index contributed by atoms with van der Waals surface area (Å²) in [6, 6.07) is 8.84. The number of nitrogens with one attached hydrogen (secondary N) is 1. The zero-order valence-electron chi connectivity index (χ0n) is 21.5. The summed E-state index contributed by atoms with van der Waals surface area (Å²) in [5.74, 6) is -1.48. The van der Waals surface area contributed by atoms with Crippen molar-refractivity contribution in [1.82, 2.24) is 15.5 Å². The number of rotatable bonds is 7. The first-order valence-corrected chi connectivity index (χ1v) is 14.0. The summed E-state index contributed by atoms with van der Waals surface area (Å²) in [5, 5.41) is 9.99. The SMILES string of the molecule is O=C(NCC1CCC(c2ccc(C(F)(C(F)(F)F)C(F)(F)F)cc2)(S(=O)(=O)c2ccc(F)cc2)CC1)c1cccnn1. The Morgan fingerprint density at radius 2 is 1.45 bits per heavy atom. The number of alkyl halides is 7. The number of nitrogens with zero attached hydrogens (tertiary/aromatic N) is 2. The molecule has 15 heteroatoms. The van der Waals surface area contributed by atoms with Crippen LogP contribution in [0.15, 0.2) is 71.8 Å². The second-order valence-corrected chi connectivity index (χ2v) is 12.2. The van der Waals surface area contributed by atoms with Crippen LogP contribution in [0.25, 0.3) is 0 Å². The molecule has 0 unspecified atom stereocenters. The normalized spacial score (nSPS) is 20.2. The van der Waals surface area contributed by atoms with Crippen molar-refractivity contribution in [2.45, 2.75) is 53.3 Å². The molecule has 4 rings (SSSR count). The highest BCUT2D eigenvalue weighted by Gasteiger charge is 2.73. The lowest BCUT2D eigenvalue weighted by molar-refractivity contribution is -0.348. The number of benzene rings is 2. The van der Waals surface area contributed by atoms with E-state index in [1.165, 1.54) is 18.3 Å². The number of amides is 1. The first-order chi connectivity index (χ1) is 19.5. The molecule has 1 heterocycles. The van der Waals surface area contributed by atoms with Crippen molar-refractivity contribution in [1.29, 1.82) is 0 Å².